The molecule has 2 aliphatic rings. The molecule has 1 aromatic heterocycles. The van der Waals surface area contributed by atoms with Gasteiger partial charge >= 0.3 is 5.69 Å². The summed E-state index contributed by atoms with van der Waals surface area (Å²) in [6.07, 6.45) is 0. The lowest BCUT2D eigenvalue weighted by Crippen LogP contribution is -2.26. The van der Waals surface area contributed by atoms with Crippen LogP contribution in [0.2, 0.25) is 0 Å². The van der Waals surface area contributed by atoms with Gasteiger partial charge < -0.3 is 0 Å². The van der Waals surface area contributed by atoms with Crippen LogP contribution in [0.15, 0.2) is 59.4 Å². The van der Waals surface area contributed by atoms with Crippen LogP contribution >= 0.6 is 0 Å². The van der Waals surface area contributed by atoms with E-state index in [1.54, 1.807) is 7.05 Å². The van der Waals surface area contributed by atoms with Crippen LogP contribution in [0.5, 0.6) is 0 Å². The molecule has 6 nitrogen and oxygen atoms in total. The predicted molar refractivity (Wildman–Crippen MR) is 86.0 cm³/mol. The van der Waals surface area contributed by atoms with E-state index < -0.39 is 5.69 Å². The number of hydrogen-bond acceptors (Lipinski definition) is 5. The second-order valence-electron chi connectivity index (χ2n) is 4.80. The van der Waals surface area contributed by atoms with Crippen molar-refractivity contribution >= 4 is 5.95 Å². The monoisotopic (exact) mass is 293 g/mol. The first-order valence-corrected chi connectivity index (χ1v) is 6.76. The highest BCUT2D eigenvalue weighted by Crippen LogP contribution is 2.29. The van der Waals surface area contributed by atoms with Crippen molar-refractivity contribution in [2.24, 2.45) is 12.9 Å². The van der Waals surface area contributed by atoms with Crippen molar-refractivity contribution in [2.75, 3.05) is 5.43 Å². The average molecular weight is 293 g/mol. The largest absolute Gasteiger partial charge is 0.352 e. The van der Waals surface area contributed by atoms with E-state index in [1.807, 2.05) is 30.3 Å². The number of rotatable bonds is 2. The summed E-state index contributed by atoms with van der Waals surface area (Å²) in [7, 11) is 1.62. The minimum Gasteiger partial charge on any atom is -0.292 e. The molecule has 0 fully saturated rings. The zero-order chi connectivity index (χ0) is 15.5. The van der Waals surface area contributed by atoms with Gasteiger partial charge in [0, 0.05) is 12.6 Å². The molecule has 0 bridgehead atoms. The van der Waals surface area contributed by atoms with E-state index in [9.17, 15) is 4.79 Å². The summed E-state index contributed by atoms with van der Waals surface area (Å²) in [4.78, 5) is 19.3. The van der Waals surface area contributed by atoms with Crippen molar-refractivity contribution in [2.45, 2.75) is 0 Å². The number of benzene rings is 2. The van der Waals surface area contributed by atoms with Gasteiger partial charge in [-0.15, -0.1) is 0 Å². The summed E-state index contributed by atoms with van der Waals surface area (Å²) in [6.45, 7) is 0. The molecule has 0 unspecified atom stereocenters. The smallest absolute Gasteiger partial charge is 0.292 e. The number of nitrogens with two attached hydrogens (primary N) is 1. The zero-order valence-electron chi connectivity index (χ0n) is 12.0. The van der Waals surface area contributed by atoms with E-state index in [-0.39, 0.29) is 5.95 Å². The Bertz CT molecular complexity index is 820. The second-order valence-corrected chi connectivity index (χ2v) is 4.80. The topological polar surface area (TPSA) is 85.8 Å². The van der Waals surface area contributed by atoms with Crippen LogP contribution < -0.4 is 17.0 Å². The summed E-state index contributed by atoms with van der Waals surface area (Å²) in [5.41, 5.74) is 5.55. The third-order valence-electron chi connectivity index (χ3n) is 3.40. The van der Waals surface area contributed by atoms with Gasteiger partial charge in [0.05, 0.1) is 0 Å². The van der Waals surface area contributed by atoms with Crippen molar-refractivity contribution in [3.8, 4) is 22.5 Å². The molecule has 1 heterocycles. The van der Waals surface area contributed by atoms with Crippen LogP contribution in [0.25, 0.3) is 22.5 Å². The highest BCUT2D eigenvalue weighted by atomic mass is 16.1. The van der Waals surface area contributed by atoms with Crippen LogP contribution in [0.1, 0.15) is 0 Å². The molecule has 3 N–H and O–H groups in total. The summed E-state index contributed by atoms with van der Waals surface area (Å²) < 4.78 is 1.37. The van der Waals surface area contributed by atoms with Crippen LogP contribution in [0.3, 0.4) is 0 Å². The Balaban J connectivity index is 0.000000196. The number of anilines is 1. The third-order valence-corrected chi connectivity index (χ3v) is 3.40. The lowest BCUT2D eigenvalue weighted by Gasteiger charge is -2.10. The maximum atomic E-state index is 11.5. The standard InChI is InChI=1S/C10H11N5O.C6H4/c1-15-8(7-5-3-2-4-6-7)12-9(14-11)13-10(15)16;1-2-6-4-3-5(1)6/h2-6H,11H2,1H3,(H,13,14,16);1-4H. The predicted octanol–water partition coefficient (Wildman–Crippen LogP) is 1.79. The molecule has 2 aliphatic carbocycles. The molecule has 0 radical (unpaired) electrons. The first kappa shape index (κ1) is 14.0. The van der Waals surface area contributed by atoms with Gasteiger partial charge in [0.2, 0.25) is 5.95 Å². The van der Waals surface area contributed by atoms with Gasteiger partial charge in [-0.1, -0.05) is 54.6 Å². The first-order valence-electron chi connectivity index (χ1n) is 6.76. The van der Waals surface area contributed by atoms with E-state index in [1.165, 1.54) is 15.7 Å². The molecule has 0 saturated carbocycles. The summed E-state index contributed by atoms with van der Waals surface area (Å²) in [6, 6.07) is 17.8. The molecule has 0 atom stereocenters. The van der Waals surface area contributed by atoms with Gasteiger partial charge in [-0.05, 0) is 11.1 Å². The number of aromatic nitrogens is 3. The minimum absolute atomic E-state index is 0.113. The van der Waals surface area contributed by atoms with Crippen molar-refractivity contribution in [3.63, 3.8) is 0 Å². The van der Waals surface area contributed by atoms with E-state index in [0.717, 1.165) is 5.56 Å². The number of fused-ring (bicyclic) bond motifs is 1. The van der Waals surface area contributed by atoms with Crippen molar-refractivity contribution in [1.29, 1.82) is 0 Å². The Morgan fingerprint density at radius 3 is 1.95 bits per heavy atom. The van der Waals surface area contributed by atoms with Crippen LogP contribution in [0.4, 0.5) is 5.95 Å². The van der Waals surface area contributed by atoms with Gasteiger partial charge in [-0.2, -0.15) is 9.97 Å². The molecule has 6 heteroatoms. The van der Waals surface area contributed by atoms with Crippen LogP contribution in [0, 0.1) is 0 Å². The molecule has 4 rings (SSSR count). The Morgan fingerprint density at radius 1 is 0.909 bits per heavy atom. The SMILES string of the molecule is Cn1c(-c2ccccc2)nc(NN)nc1=O.c1cc2ccc1-2. The van der Waals surface area contributed by atoms with Crippen molar-refractivity contribution < 1.29 is 0 Å². The molecule has 0 saturated heterocycles. The van der Waals surface area contributed by atoms with Gasteiger partial charge in [-0.3, -0.25) is 9.99 Å². The summed E-state index contributed by atoms with van der Waals surface area (Å²) >= 11 is 0. The van der Waals surface area contributed by atoms with Crippen LogP contribution in [-0.2, 0) is 7.05 Å². The maximum Gasteiger partial charge on any atom is 0.352 e. The van der Waals surface area contributed by atoms with E-state index >= 15 is 0 Å². The van der Waals surface area contributed by atoms with Crippen LogP contribution in [-0.4, -0.2) is 14.5 Å². The molecule has 1 aromatic carbocycles. The zero-order valence-corrected chi connectivity index (χ0v) is 12.0. The lowest BCUT2D eigenvalue weighted by molar-refractivity contribution is 0.785. The molecule has 0 spiro atoms. The Labute approximate surface area is 127 Å². The summed E-state index contributed by atoms with van der Waals surface area (Å²) in [5, 5.41) is 0. The van der Waals surface area contributed by atoms with Gasteiger partial charge in [-0.25, -0.2) is 10.6 Å². The molecular formula is C16H15N5O. The highest BCUT2D eigenvalue weighted by Gasteiger charge is 2.07. The van der Waals surface area contributed by atoms with Gasteiger partial charge in [0.1, 0.15) is 5.82 Å². The summed E-state index contributed by atoms with van der Waals surface area (Å²) in [5.74, 6) is 5.83. The number of hydrazine groups is 1. The molecule has 22 heavy (non-hydrogen) atoms. The number of hydrogen-bond donors (Lipinski definition) is 2. The minimum atomic E-state index is -0.401. The fourth-order valence-electron chi connectivity index (χ4n) is 2.03. The quantitative estimate of drug-likeness (QED) is 0.435. The third kappa shape index (κ3) is 2.59. The molecule has 0 aliphatic heterocycles. The maximum absolute atomic E-state index is 11.5. The second kappa shape index (κ2) is 5.79. The fraction of sp³-hybridized carbons (Fsp3) is 0.0625. The van der Waals surface area contributed by atoms with E-state index in [4.69, 9.17) is 5.84 Å². The Morgan fingerprint density at radius 2 is 1.50 bits per heavy atom. The molecule has 110 valence electrons. The lowest BCUT2D eigenvalue weighted by atomic mass is 9.95. The van der Waals surface area contributed by atoms with E-state index in [0.29, 0.717) is 5.82 Å². The van der Waals surface area contributed by atoms with Gasteiger partial charge in [0.25, 0.3) is 0 Å². The first-order chi connectivity index (χ1) is 10.7. The highest BCUT2D eigenvalue weighted by molar-refractivity contribution is 5.75. The normalized spacial score (nSPS) is 10.5. The Kier molecular flexibility index (Phi) is 3.67. The van der Waals surface area contributed by atoms with Crippen molar-refractivity contribution in [1.82, 2.24) is 14.5 Å². The Hall–Kier alpha value is -2.99. The fourth-order valence-corrected chi connectivity index (χ4v) is 2.03. The average Bonchev–Trinajstić information content (AvgIpc) is 2.54. The molecule has 0 amide bonds. The van der Waals surface area contributed by atoms with Crippen molar-refractivity contribution in [3.05, 3.63) is 65.1 Å². The van der Waals surface area contributed by atoms with E-state index in [2.05, 4.69) is 39.7 Å². The molecular weight excluding hydrogens is 278 g/mol. The molecule has 2 aromatic rings. The number of nitrogen functional groups attached to an aromatic ring is 1. The number of nitrogens with one attached hydrogen (secondary N) is 1. The van der Waals surface area contributed by atoms with Gasteiger partial charge in [0.15, 0.2) is 0 Å². The number of nitrogens with zero attached hydrogens (tertiary/aromatic N) is 3.